The number of nitrogens with one attached hydrogen (secondary N) is 2. The highest BCUT2D eigenvalue weighted by atomic mass is 19.1. The van der Waals surface area contributed by atoms with Crippen molar-refractivity contribution in [2.75, 3.05) is 27.2 Å². The van der Waals surface area contributed by atoms with Crippen molar-refractivity contribution in [2.24, 2.45) is 0 Å². The number of imidazole rings is 1. The van der Waals surface area contributed by atoms with E-state index in [1.165, 1.54) is 12.1 Å². The molecule has 0 aliphatic heterocycles. The molecule has 0 atom stereocenters. The summed E-state index contributed by atoms with van der Waals surface area (Å²) in [7, 11) is 3.92. The summed E-state index contributed by atoms with van der Waals surface area (Å²) in [5.74, 6) is 0.651. The summed E-state index contributed by atoms with van der Waals surface area (Å²) < 4.78 is 20.3. The zero-order chi connectivity index (χ0) is 25.4. The second-order valence-electron chi connectivity index (χ2n) is 9.04. The van der Waals surface area contributed by atoms with Crippen LogP contribution in [0, 0.1) is 5.82 Å². The monoisotopic (exact) mass is 493 g/mol. The highest BCUT2D eigenvalue weighted by molar-refractivity contribution is 5.97. The number of likely N-dealkylation sites (N-methyl/N-ethyl adjacent to an activating group) is 1. The van der Waals surface area contributed by atoms with E-state index in [9.17, 15) is 4.39 Å². The molecule has 0 spiro atoms. The molecule has 37 heavy (non-hydrogen) atoms. The predicted molar refractivity (Wildman–Crippen MR) is 142 cm³/mol. The summed E-state index contributed by atoms with van der Waals surface area (Å²) in [6, 6.07) is 16.5. The Bertz CT molecular complexity index is 1710. The Hall–Kier alpha value is -4.63. The van der Waals surface area contributed by atoms with Gasteiger partial charge in [0.2, 0.25) is 0 Å². The zero-order valence-electron chi connectivity index (χ0n) is 20.4. The first-order valence-corrected chi connectivity index (χ1v) is 11.9. The number of aromatic amines is 2. The van der Waals surface area contributed by atoms with Crippen LogP contribution >= 0.6 is 0 Å². The van der Waals surface area contributed by atoms with Crippen LogP contribution in [0.2, 0.25) is 0 Å². The standard InChI is InChI=1S/C28H24FN7O/c1-36(2)10-11-37-21-13-19(12-20(29)15-21)25-27-24(7-9-31-25)32-28(33-27)26-22-14-17(5-6-23(22)34-35-26)18-4-3-8-30-16-18/h3-9,12-16H,10-11H2,1-2H3,(H,32,33)(H,34,35). The smallest absolute Gasteiger partial charge is 0.159 e. The van der Waals surface area contributed by atoms with Crippen LogP contribution in [-0.4, -0.2) is 62.3 Å². The average Bonchev–Trinajstić information content (AvgIpc) is 3.52. The Morgan fingerprint density at radius 2 is 1.84 bits per heavy atom. The van der Waals surface area contributed by atoms with Gasteiger partial charge < -0.3 is 14.6 Å². The number of ether oxygens (including phenoxy) is 1. The van der Waals surface area contributed by atoms with Crippen LogP contribution in [0.15, 0.2) is 73.2 Å². The van der Waals surface area contributed by atoms with E-state index in [1.54, 1.807) is 18.5 Å². The number of aromatic nitrogens is 6. The Morgan fingerprint density at radius 1 is 0.919 bits per heavy atom. The number of fused-ring (bicyclic) bond motifs is 2. The predicted octanol–water partition coefficient (Wildman–Crippen LogP) is 5.31. The lowest BCUT2D eigenvalue weighted by atomic mass is 10.0. The van der Waals surface area contributed by atoms with E-state index in [4.69, 9.17) is 9.72 Å². The van der Waals surface area contributed by atoms with Gasteiger partial charge in [-0.15, -0.1) is 0 Å². The molecule has 9 heteroatoms. The van der Waals surface area contributed by atoms with Gasteiger partial charge in [0.1, 0.15) is 29.4 Å². The molecule has 4 aromatic heterocycles. The maximum atomic E-state index is 14.5. The van der Waals surface area contributed by atoms with Gasteiger partial charge in [0.25, 0.3) is 0 Å². The van der Waals surface area contributed by atoms with E-state index >= 15 is 0 Å². The normalized spacial score (nSPS) is 11.6. The summed E-state index contributed by atoms with van der Waals surface area (Å²) in [5.41, 5.74) is 6.19. The third kappa shape index (κ3) is 4.52. The average molecular weight is 494 g/mol. The summed E-state index contributed by atoms with van der Waals surface area (Å²) >= 11 is 0. The van der Waals surface area contributed by atoms with Crippen LogP contribution in [0.4, 0.5) is 4.39 Å². The first-order chi connectivity index (χ1) is 18.0. The van der Waals surface area contributed by atoms with Gasteiger partial charge in [-0.2, -0.15) is 5.10 Å². The minimum atomic E-state index is -0.395. The van der Waals surface area contributed by atoms with Gasteiger partial charge in [-0.05, 0) is 56.1 Å². The van der Waals surface area contributed by atoms with Crippen molar-refractivity contribution in [1.82, 2.24) is 35.0 Å². The lowest BCUT2D eigenvalue weighted by Gasteiger charge is -2.12. The molecule has 4 heterocycles. The van der Waals surface area contributed by atoms with E-state index in [0.717, 1.165) is 34.1 Å². The number of hydrogen-bond acceptors (Lipinski definition) is 6. The number of pyridine rings is 2. The molecule has 2 N–H and O–H groups in total. The highest BCUT2D eigenvalue weighted by Gasteiger charge is 2.17. The molecule has 6 rings (SSSR count). The van der Waals surface area contributed by atoms with Crippen molar-refractivity contribution in [3.05, 3.63) is 79.0 Å². The van der Waals surface area contributed by atoms with Gasteiger partial charge in [0, 0.05) is 47.7 Å². The van der Waals surface area contributed by atoms with E-state index in [0.29, 0.717) is 40.6 Å². The number of hydrogen-bond donors (Lipinski definition) is 2. The molecule has 0 unspecified atom stereocenters. The topological polar surface area (TPSA) is 95.6 Å². The zero-order valence-corrected chi connectivity index (χ0v) is 20.4. The Balaban J connectivity index is 1.41. The van der Waals surface area contributed by atoms with Crippen molar-refractivity contribution in [1.29, 1.82) is 0 Å². The van der Waals surface area contributed by atoms with Crippen LogP contribution in [0.25, 0.3) is 55.8 Å². The fraction of sp³-hybridized carbons (Fsp3) is 0.143. The van der Waals surface area contributed by atoms with Gasteiger partial charge in [-0.25, -0.2) is 9.37 Å². The van der Waals surface area contributed by atoms with Gasteiger partial charge in [0.15, 0.2) is 5.82 Å². The van der Waals surface area contributed by atoms with Crippen LogP contribution in [-0.2, 0) is 0 Å². The molecular weight excluding hydrogens is 469 g/mol. The van der Waals surface area contributed by atoms with Crippen molar-refractivity contribution in [3.63, 3.8) is 0 Å². The minimum absolute atomic E-state index is 0.395. The molecule has 0 radical (unpaired) electrons. The molecule has 0 saturated heterocycles. The molecule has 0 aliphatic carbocycles. The summed E-state index contributed by atoms with van der Waals surface area (Å²) in [6.45, 7) is 1.18. The molecule has 0 saturated carbocycles. The van der Waals surface area contributed by atoms with E-state index < -0.39 is 5.82 Å². The number of benzene rings is 2. The molecular formula is C28H24FN7O. The molecule has 8 nitrogen and oxygen atoms in total. The molecule has 0 fully saturated rings. The second kappa shape index (κ2) is 9.44. The number of H-pyrrole nitrogens is 2. The SMILES string of the molecule is CN(C)CCOc1cc(F)cc(-c2nccc3[nH]c(-c4n[nH]c5ccc(-c6cccnc6)cc45)nc23)c1. The quantitative estimate of drug-likeness (QED) is 0.313. The van der Waals surface area contributed by atoms with Crippen LogP contribution < -0.4 is 4.74 Å². The van der Waals surface area contributed by atoms with Crippen molar-refractivity contribution < 1.29 is 9.13 Å². The molecule has 184 valence electrons. The minimum Gasteiger partial charge on any atom is -0.492 e. The summed E-state index contributed by atoms with van der Waals surface area (Å²) in [4.78, 5) is 19.0. The number of nitrogens with zero attached hydrogens (tertiary/aromatic N) is 5. The Kier molecular flexibility index (Phi) is 5.82. The van der Waals surface area contributed by atoms with E-state index in [2.05, 4.69) is 31.2 Å². The molecule has 6 aromatic rings. The lowest BCUT2D eigenvalue weighted by molar-refractivity contribution is 0.260. The lowest BCUT2D eigenvalue weighted by Crippen LogP contribution is -2.19. The first-order valence-electron chi connectivity index (χ1n) is 11.9. The largest absolute Gasteiger partial charge is 0.492 e. The van der Waals surface area contributed by atoms with Gasteiger partial charge in [0.05, 0.1) is 16.7 Å². The van der Waals surface area contributed by atoms with Crippen LogP contribution in [0.5, 0.6) is 5.75 Å². The van der Waals surface area contributed by atoms with Crippen molar-refractivity contribution in [3.8, 4) is 39.7 Å². The molecule has 0 aliphatic rings. The molecule has 2 aromatic carbocycles. The maximum Gasteiger partial charge on any atom is 0.159 e. The Labute approximate surface area is 212 Å². The fourth-order valence-corrected chi connectivity index (χ4v) is 4.30. The van der Waals surface area contributed by atoms with Crippen LogP contribution in [0.1, 0.15) is 0 Å². The van der Waals surface area contributed by atoms with E-state index in [-0.39, 0.29) is 0 Å². The summed E-state index contributed by atoms with van der Waals surface area (Å²) in [5, 5.41) is 8.55. The van der Waals surface area contributed by atoms with Crippen LogP contribution in [0.3, 0.4) is 0 Å². The van der Waals surface area contributed by atoms with Gasteiger partial charge in [-0.1, -0.05) is 12.1 Å². The molecule has 0 bridgehead atoms. The fourth-order valence-electron chi connectivity index (χ4n) is 4.30. The highest BCUT2D eigenvalue weighted by Crippen LogP contribution is 2.33. The van der Waals surface area contributed by atoms with E-state index in [1.807, 2.05) is 55.5 Å². The van der Waals surface area contributed by atoms with Gasteiger partial charge >= 0.3 is 0 Å². The third-order valence-electron chi connectivity index (χ3n) is 6.13. The Morgan fingerprint density at radius 3 is 2.68 bits per heavy atom. The second-order valence-corrected chi connectivity index (χ2v) is 9.04. The molecule has 0 amide bonds. The maximum absolute atomic E-state index is 14.5. The number of halogens is 1. The van der Waals surface area contributed by atoms with Crippen molar-refractivity contribution in [2.45, 2.75) is 0 Å². The van der Waals surface area contributed by atoms with Crippen molar-refractivity contribution >= 4 is 21.9 Å². The van der Waals surface area contributed by atoms with Gasteiger partial charge in [-0.3, -0.25) is 15.1 Å². The number of rotatable bonds is 7. The first kappa shape index (κ1) is 22.8. The third-order valence-corrected chi connectivity index (χ3v) is 6.13. The summed E-state index contributed by atoms with van der Waals surface area (Å²) in [6.07, 6.45) is 5.26.